The first-order chi connectivity index (χ1) is 9.17. The minimum absolute atomic E-state index is 0.190. The normalized spacial score (nSPS) is 15.2. The van der Waals surface area contributed by atoms with E-state index < -0.39 is 47.8 Å². The Balaban J connectivity index is 6.07. The fourth-order valence-electron chi connectivity index (χ4n) is 1.54. The highest BCUT2D eigenvalue weighted by molar-refractivity contribution is 5.94. The van der Waals surface area contributed by atoms with E-state index in [0.717, 1.165) is 13.8 Å². The van der Waals surface area contributed by atoms with Crippen molar-refractivity contribution in [3.8, 4) is 0 Å². The van der Waals surface area contributed by atoms with E-state index >= 15 is 0 Å². The van der Waals surface area contributed by atoms with Crippen molar-refractivity contribution in [1.82, 2.24) is 0 Å². The molecule has 0 aromatic heterocycles. The third-order valence-corrected chi connectivity index (χ3v) is 3.20. The van der Waals surface area contributed by atoms with Crippen LogP contribution in [-0.4, -0.2) is 29.9 Å². The maximum Gasteiger partial charge on any atom is 0.410 e. The number of allylic oxidation sites excluding steroid dienone is 2. The summed E-state index contributed by atoms with van der Waals surface area (Å²) in [4.78, 5) is 11.5. The van der Waals surface area contributed by atoms with Gasteiger partial charge in [-0.25, -0.2) is 0 Å². The van der Waals surface area contributed by atoms with Crippen molar-refractivity contribution >= 4 is 5.78 Å². The van der Waals surface area contributed by atoms with Gasteiger partial charge in [0, 0.05) is 6.08 Å². The van der Waals surface area contributed by atoms with Gasteiger partial charge in [0.2, 0.25) is 5.41 Å². The number of rotatable bonds is 5. The van der Waals surface area contributed by atoms with Crippen LogP contribution in [0.4, 0.5) is 30.7 Å². The molecule has 0 fully saturated rings. The van der Waals surface area contributed by atoms with Crippen molar-refractivity contribution in [1.29, 1.82) is 0 Å². The van der Waals surface area contributed by atoms with Gasteiger partial charge >= 0.3 is 12.4 Å². The molecule has 0 unspecified atom stereocenters. The molecular weight excluding hydrogens is 309 g/mol. The Morgan fingerprint density at radius 3 is 1.67 bits per heavy atom. The van der Waals surface area contributed by atoms with Crippen molar-refractivity contribution in [2.75, 3.05) is 6.67 Å². The first-order valence-electron chi connectivity index (χ1n) is 5.82. The molecular formula is C12H15F7O2. The Hall–Kier alpha value is -1.28. The number of carbonyl (C=O) groups is 1. The predicted molar refractivity (Wildman–Crippen MR) is 60.3 cm³/mol. The molecule has 2 nitrogen and oxygen atoms in total. The molecule has 1 N–H and O–H groups in total. The molecule has 0 rings (SSSR count). The lowest BCUT2D eigenvalue weighted by atomic mass is 9.79. The Labute approximate surface area is 116 Å². The minimum Gasteiger partial charge on any atom is -0.511 e. The minimum atomic E-state index is -5.86. The summed E-state index contributed by atoms with van der Waals surface area (Å²) >= 11 is 0. The monoisotopic (exact) mass is 324 g/mol. The van der Waals surface area contributed by atoms with E-state index in [4.69, 9.17) is 0 Å². The van der Waals surface area contributed by atoms with Gasteiger partial charge in [-0.2, -0.15) is 26.3 Å². The fraction of sp³-hybridized carbons (Fsp3) is 0.750. The van der Waals surface area contributed by atoms with Gasteiger partial charge in [0.25, 0.3) is 0 Å². The predicted octanol–water partition coefficient (Wildman–Crippen LogP) is 4.51. The molecule has 0 heterocycles. The van der Waals surface area contributed by atoms with Gasteiger partial charge in [-0.1, -0.05) is 20.8 Å². The summed E-state index contributed by atoms with van der Waals surface area (Å²) in [6.45, 7) is 1.27. The second-order valence-corrected chi connectivity index (χ2v) is 5.17. The van der Waals surface area contributed by atoms with Crippen LogP contribution in [0.2, 0.25) is 0 Å². The molecule has 0 bridgehead atoms. The fourth-order valence-corrected chi connectivity index (χ4v) is 1.54. The highest BCUT2D eigenvalue weighted by atomic mass is 19.4. The first-order valence-corrected chi connectivity index (χ1v) is 5.82. The Morgan fingerprint density at radius 1 is 1.05 bits per heavy atom. The SMILES string of the molecule is CCC(/C(O)=C/C(=O)C(C)(C)CF)(C(F)(F)F)C(F)(F)F. The van der Waals surface area contributed by atoms with Crippen LogP contribution in [0.1, 0.15) is 27.2 Å². The van der Waals surface area contributed by atoms with E-state index in [2.05, 4.69) is 0 Å². The van der Waals surface area contributed by atoms with Gasteiger partial charge in [-0.15, -0.1) is 0 Å². The van der Waals surface area contributed by atoms with Gasteiger partial charge in [0.05, 0.1) is 5.41 Å². The highest BCUT2D eigenvalue weighted by Crippen LogP contribution is 2.56. The molecule has 0 aromatic rings. The number of aliphatic hydroxyl groups excluding tert-OH is 1. The standard InChI is InChI=1S/C12H15F7O2/c1-4-10(11(14,15)16,12(17,18)19)8(21)5-7(20)9(2,3)6-13/h5,21H,4,6H2,1-3H3/b8-5-. The molecule has 0 aliphatic rings. The zero-order valence-corrected chi connectivity index (χ0v) is 11.5. The smallest absolute Gasteiger partial charge is 0.410 e. The molecule has 0 amide bonds. The van der Waals surface area contributed by atoms with Crippen molar-refractivity contribution in [3.05, 3.63) is 11.8 Å². The molecule has 124 valence electrons. The third-order valence-electron chi connectivity index (χ3n) is 3.20. The van der Waals surface area contributed by atoms with Crippen molar-refractivity contribution < 1.29 is 40.6 Å². The van der Waals surface area contributed by atoms with Gasteiger partial charge in [-0.05, 0) is 6.42 Å². The second kappa shape index (κ2) is 5.84. The van der Waals surface area contributed by atoms with Crippen molar-refractivity contribution in [2.45, 2.75) is 39.5 Å². The van der Waals surface area contributed by atoms with Crippen LogP contribution in [-0.2, 0) is 4.79 Å². The largest absolute Gasteiger partial charge is 0.511 e. The van der Waals surface area contributed by atoms with Gasteiger partial charge < -0.3 is 5.11 Å². The van der Waals surface area contributed by atoms with E-state index in [-0.39, 0.29) is 6.08 Å². The van der Waals surface area contributed by atoms with Crippen LogP contribution in [0.15, 0.2) is 11.8 Å². The van der Waals surface area contributed by atoms with E-state index in [0.29, 0.717) is 6.92 Å². The molecule has 0 saturated carbocycles. The molecule has 0 radical (unpaired) electrons. The van der Waals surface area contributed by atoms with Crippen LogP contribution < -0.4 is 0 Å². The molecule has 9 heteroatoms. The van der Waals surface area contributed by atoms with Crippen molar-refractivity contribution in [3.63, 3.8) is 0 Å². The third kappa shape index (κ3) is 3.49. The Kier molecular flexibility index (Phi) is 5.49. The average Bonchev–Trinajstić information content (AvgIpc) is 2.26. The molecule has 21 heavy (non-hydrogen) atoms. The Bertz CT molecular complexity index is 404. The number of carbonyl (C=O) groups excluding carboxylic acids is 1. The maximum absolute atomic E-state index is 12.8. The summed E-state index contributed by atoms with van der Waals surface area (Å²) in [7, 11) is 0. The van der Waals surface area contributed by atoms with Gasteiger partial charge in [0.15, 0.2) is 5.78 Å². The maximum atomic E-state index is 12.8. The van der Waals surface area contributed by atoms with Crippen LogP contribution in [0, 0.1) is 10.8 Å². The Morgan fingerprint density at radius 2 is 1.43 bits per heavy atom. The number of ketones is 1. The van der Waals surface area contributed by atoms with Gasteiger partial charge in [-0.3, -0.25) is 9.18 Å². The molecule has 0 saturated heterocycles. The number of hydrogen-bond acceptors (Lipinski definition) is 2. The molecule has 0 spiro atoms. The zero-order valence-electron chi connectivity index (χ0n) is 11.5. The number of alkyl halides is 7. The molecule has 0 aromatic carbocycles. The van der Waals surface area contributed by atoms with E-state index in [9.17, 15) is 40.6 Å². The number of halogens is 7. The lowest BCUT2D eigenvalue weighted by Gasteiger charge is -2.36. The topological polar surface area (TPSA) is 37.3 Å². The van der Waals surface area contributed by atoms with E-state index in [1.165, 1.54) is 0 Å². The second-order valence-electron chi connectivity index (χ2n) is 5.17. The lowest BCUT2D eigenvalue weighted by Crippen LogP contribution is -2.51. The van der Waals surface area contributed by atoms with Gasteiger partial charge in [0.1, 0.15) is 12.4 Å². The number of hydrogen-bond donors (Lipinski definition) is 1. The molecule has 0 aliphatic heterocycles. The average molecular weight is 324 g/mol. The van der Waals surface area contributed by atoms with E-state index in [1.54, 1.807) is 0 Å². The number of aliphatic hydroxyl groups is 1. The summed E-state index contributed by atoms with van der Waals surface area (Å²) in [5, 5.41) is 9.34. The van der Waals surface area contributed by atoms with Crippen LogP contribution in [0.25, 0.3) is 0 Å². The molecule has 0 atom stereocenters. The van der Waals surface area contributed by atoms with Crippen LogP contribution >= 0.6 is 0 Å². The van der Waals surface area contributed by atoms with Crippen LogP contribution in [0.3, 0.4) is 0 Å². The highest BCUT2D eigenvalue weighted by Gasteiger charge is 2.72. The molecule has 0 aliphatic carbocycles. The summed E-state index contributed by atoms with van der Waals surface area (Å²) in [6.07, 6.45) is -13.5. The van der Waals surface area contributed by atoms with Crippen LogP contribution in [0.5, 0.6) is 0 Å². The summed E-state index contributed by atoms with van der Waals surface area (Å²) < 4.78 is 89.6. The zero-order chi connectivity index (χ0) is 17.3. The summed E-state index contributed by atoms with van der Waals surface area (Å²) in [5.74, 6) is -3.55. The summed E-state index contributed by atoms with van der Waals surface area (Å²) in [6, 6.07) is 0. The van der Waals surface area contributed by atoms with Crippen molar-refractivity contribution in [2.24, 2.45) is 10.8 Å². The quantitative estimate of drug-likeness (QED) is 0.459. The van der Waals surface area contributed by atoms with E-state index in [1.807, 2.05) is 0 Å². The lowest BCUT2D eigenvalue weighted by molar-refractivity contribution is -0.334. The summed E-state index contributed by atoms with van der Waals surface area (Å²) in [5.41, 5.74) is -6.38. The first kappa shape index (κ1) is 19.7.